The first kappa shape index (κ1) is 23.0. The van der Waals surface area contributed by atoms with E-state index in [0.29, 0.717) is 24.6 Å². The average molecular weight is 501 g/mol. The van der Waals surface area contributed by atoms with Gasteiger partial charge in [-0.25, -0.2) is 14.5 Å². The number of aromatic nitrogens is 5. The molecule has 37 heavy (non-hydrogen) atoms. The van der Waals surface area contributed by atoms with Crippen molar-refractivity contribution >= 4 is 29.4 Å². The standard InChI is InChI=1S/C26H28N8O3/c1-31-24(19(16-27-31)23(35)32-13-8-14-32)37-26(36)30-21-15-22-28-20(18-9-4-2-5-10-18)17-34(22)25(29-21)33-11-6-3-7-12-33/h2,4-5,9-10,15-17H,3,6-8,11-14H2,1H3,(H,30,36). The number of rotatable bonds is 5. The molecule has 0 atom stereocenters. The monoisotopic (exact) mass is 500 g/mol. The molecule has 0 aliphatic carbocycles. The maximum atomic E-state index is 12.9. The molecule has 11 nitrogen and oxygen atoms in total. The number of piperidine rings is 1. The van der Waals surface area contributed by atoms with Crippen molar-refractivity contribution in [2.75, 3.05) is 36.4 Å². The number of nitrogens with one attached hydrogen (secondary N) is 1. The zero-order valence-corrected chi connectivity index (χ0v) is 20.6. The summed E-state index contributed by atoms with van der Waals surface area (Å²) in [5.74, 6) is 0.941. The van der Waals surface area contributed by atoms with E-state index in [1.54, 1.807) is 18.0 Å². The predicted molar refractivity (Wildman–Crippen MR) is 138 cm³/mol. The van der Waals surface area contributed by atoms with E-state index >= 15 is 0 Å². The summed E-state index contributed by atoms with van der Waals surface area (Å²) in [4.78, 5) is 39.1. The van der Waals surface area contributed by atoms with Gasteiger partial charge in [-0.3, -0.25) is 14.5 Å². The van der Waals surface area contributed by atoms with Crippen LogP contribution in [0, 0.1) is 0 Å². The summed E-state index contributed by atoms with van der Waals surface area (Å²) in [5.41, 5.74) is 2.75. The first-order chi connectivity index (χ1) is 18.1. The number of hydrogen-bond donors (Lipinski definition) is 1. The summed E-state index contributed by atoms with van der Waals surface area (Å²) in [6, 6.07) is 11.7. The second kappa shape index (κ2) is 9.57. The number of carbonyl (C=O) groups is 2. The van der Waals surface area contributed by atoms with Gasteiger partial charge < -0.3 is 14.5 Å². The molecular weight excluding hydrogens is 472 g/mol. The number of imidazole rings is 1. The lowest BCUT2D eigenvalue weighted by molar-refractivity contribution is 0.0649. The molecule has 5 heterocycles. The zero-order chi connectivity index (χ0) is 25.4. The van der Waals surface area contributed by atoms with Crippen LogP contribution in [-0.4, -0.2) is 67.2 Å². The van der Waals surface area contributed by atoms with E-state index in [-0.39, 0.29) is 17.4 Å². The fourth-order valence-corrected chi connectivity index (χ4v) is 4.70. The number of ether oxygens (including phenoxy) is 1. The number of nitrogens with zero attached hydrogens (tertiary/aromatic N) is 7. The molecule has 0 unspecified atom stereocenters. The van der Waals surface area contributed by atoms with Crippen molar-refractivity contribution in [1.82, 2.24) is 29.0 Å². The second-order valence-corrected chi connectivity index (χ2v) is 9.36. The molecule has 11 heteroatoms. The molecule has 3 aromatic heterocycles. The molecule has 0 saturated carbocycles. The molecule has 2 aliphatic rings. The normalized spacial score (nSPS) is 15.5. The van der Waals surface area contributed by atoms with Gasteiger partial charge in [0.15, 0.2) is 0 Å². The Hall–Kier alpha value is -4.41. The van der Waals surface area contributed by atoms with Crippen LogP contribution >= 0.6 is 0 Å². The van der Waals surface area contributed by atoms with Gasteiger partial charge in [0.05, 0.1) is 11.9 Å². The summed E-state index contributed by atoms with van der Waals surface area (Å²) >= 11 is 0. The van der Waals surface area contributed by atoms with Crippen LogP contribution < -0.4 is 15.0 Å². The summed E-state index contributed by atoms with van der Waals surface area (Å²) in [6.07, 6.45) is 6.97. The molecule has 2 amide bonds. The van der Waals surface area contributed by atoms with Crippen LogP contribution in [0.25, 0.3) is 16.9 Å². The number of hydrogen-bond acceptors (Lipinski definition) is 7. The van der Waals surface area contributed by atoms with Gasteiger partial charge in [-0.2, -0.15) is 10.1 Å². The first-order valence-corrected chi connectivity index (χ1v) is 12.6. The van der Waals surface area contributed by atoms with E-state index in [1.807, 2.05) is 40.9 Å². The Morgan fingerprint density at radius 1 is 0.973 bits per heavy atom. The van der Waals surface area contributed by atoms with Gasteiger partial charge >= 0.3 is 6.09 Å². The van der Waals surface area contributed by atoms with Crippen molar-refractivity contribution < 1.29 is 14.3 Å². The van der Waals surface area contributed by atoms with Gasteiger partial charge in [0.25, 0.3) is 5.91 Å². The molecule has 2 aliphatic heterocycles. The lowest BCUT2D eigenvalue weighted by Crippen LogP contribution is -2.42. The van der Waals surface area contributed by atoms with Gasteiger partial charge in [-0.05, 0) is 25.7 Å². The molecule has 0 bridgehead atoms. The van der Waals surface area contributed by atoms with E-state index in [9.17, 15) is 9.59 Å². The molecule has 4 aromatic rings. The summed E-state index contributed by atoms with van der Waals surface area (Å²) in [6.45, 7) is 3.15. The number of amides is 2. The molecule has 2 fully saturated rings. The smallest absolute Gasteiger partial charge is 0.390 e. The summed E-state index contributed by atoms with van der Waals surface area (Å²) < 4.78 is 8.90. The third-order valence-corrected chi connectivity index (χ3v) is 6.82. The minimum atomic E-state index is -0.752. The Balaban J connectivity index is 1.30. The summed E-state index contributed by atoms with van der Waals surface area (Å²) in [5, 5.41) is 6.85. The lowest BCUT2D eigenvalue weighted by Gasteiger charge is -2.30. The van der Waals surface area contributed by atoms with Crippen LogP contribution in [0.4, 0.5) is 16.6 Å². The van der Waals surface area contributed by atoms with Gasteiger partial charge in [-0.1, -0.05) is 30.3 Å². The Labute approximate surface area is 213 Å². The maximum absolute atomic E-state index is 12.9. The molecule has 0 radical (unpaired) electrons. The van der Waals surface area contributed by atoms with Crippen LogP contribution in [0.3, 0.4) is 0 Å². The van der Waals surface area contributed by atoms with E-state index < -0.39 is 6.09 Å². The van der Waals surface area contributed by atoms with Crippen molar-refractivity contribution in [1.29, 1.82) is 0 Å². The van der Waals surface area contributed by atoms with Crippen molar-refractivity contribution in [2.45, 2.75) is 25.7 Å². The zero-order valence-electron chi connectivity index (χ0n) is 20.6. The SMILES string of the molecule is Cn1ncc(C(=O)N2CCC2)c1OC(=O)Nc1cc2nc(-c3ccccc3)cn2c(N2CCCCC2)n1. The molecule has 0 spiro atoms. The Morgan fingerprint density at radius 2 is 1.76 bits per heavy atom. The Bertz CT molecular complexity index is 1450. The minimum Gasteiger partial charge on any atom is -0.390 e. The Kier molecular flexibility index (Phi) is 5.95. The average Bonchev–Trinajstić information content (AvgIpc) is 3.47. The van der Waals surface area contributed by atoms with Crippen molar-refractivity contribution in [3.8, 4) is 17.1 Å². The van der Waals surface area contributed by atoms with E-state index in [1.165, 1.54) is 17.3 Å². The van der Waals surface area contributed by atoms with Crippen LogP contribution in [0.2, 0.25) is 0 Å². The quantitative estimate of drug-likeness (QED) is 0.446. The Morgan fingerprint density at radius 3 is 2.49 bits per heavy atom. The maximum Gasteiger partial charge on any atom is 0.419 e. The largest absolute Gasteiger partial charge is 0.419 e. The second-order valence-electron chi connectivity index (χ2n) is 9.36. The topological polar surface area (TPSA) is 110 Å². The molecular formula is C26H28N8O3. The highest BCUT2D eigenvalue weighted by Gasteiger charge is 2.28. The molecule has 2 saturated heterocycles. The van der Waals surface area contributed by atoms with Crippen LogP contribution in [0.1, 0.15) is 36.0 Å². The molecule has 1 N–H and O–H groups in total. The van der Waals surface area contributed by atoms with Crippen molar-refractivity contribution in [2.24, 2.45) is 7.05 Å². The van der Waals surface area contributed by atoms with Crippen molar-refractivity contribution in [3.05, 3.63) is 54.4 Å². The molecule has 1 aromatic carbocycles. The van der Waals surface area contributed by atoms with Gasteiger partial charge in [0.2, 0.25) is 11.8 Å². The van der Waals surface area contributed by atoms with E-state index in [2.05, 4.69) is 15.3 Å². The van der Waals surface area contributed by atoms with Crippen LogP contribution in [-0.2, 0) is 7.05 Å². The van der Waals surface area contributed by atoms with E-state index in [4.69, 9.17) is 14.7 Å². The number of anilines is 2. The third kappa shape index (κ3) is 4.48. The van der Waals surface area contributed by atoms with Crippen molar-refractivity contribution in [3.63, 3.8) is 0 Å². The number of benzene rings is 1. The predicted octanol–water partition coefficient (Wildman–Crippen LogP) is 3.58. The third-order valence-electron chi connectivity index (χ3n) is 6.82. The highest BCUT2D eigenvalue weighted by atomic mass is 16.6. The minimum absolute atomic E-state index is 0.0962. The fraction of sp³-hybridized carbons (Fsp3) is 0.346. The van der Waals surface area contributed by atoms with Gasteiger partial charge in [0, 0.05) is 51.1 Å². The summed E-state index contributed by atoms with van der Waals surface area (Å²) in [7, 11) is 1.63. The molecule has 6 rings (SSSR count). The fourth-order valence-electron chi connectivity index (χ4n) is 4.70. The van der Waals surface area contributed by atoms with Gasteiger partial charge in [-0.15, -0.1) is 0 Å². The van der Waals surface area contributed by atoms with Crippen LogP contribution in [0.15, 0.2) is 48.8 Å². The highest BCUT2D eigenvalue weighted by Crippen LogP contribution is 2.27. The number of carbonyl (C=O) groups excluding carboxylic acids is 2. The number of aryl methyl sites for hydroxylation is 1. The molecule has 190 valence electrons. The first-order valence-electron chi connectivity index (χ1n) is 12.6. The highest BCUT2D eigenvalue weighted by molar-refractivity contribution is 5.98. The van der Waals surface area contributed by atoms with E-state index in [0.717, 1.165) is 49.6 Å². The van der Waals surface area contributed by atoms with Crippen LogP contribution in [0.5, 0.6) is 5.88 Å². The number of likely N-dealkylation sites (tertiary alicyclic amines) is 1. The number of fused-ring (bicyclic) bond motifs is 1. The van der Waals surface area contributed by atoms with Gasteiger partial charge in [0.1, 0.15) is 17.0 Å². The lowest BCUT2D eigenvalue weighted by atomic mass is 10.1.